The maximum absolute atomic E-state index is 12.1. The average Bonchev–Trinajstić information content (AvgIpc) is 2.97. The molecule has 1 fully saturated rings. The highest BCUT2D eigenvalue weighted by Gasteiger charge is 2.48. The van der Waals surface area contributed by atoms with E-state index in [1.165, 1.54) is 5.56 Å². The third-order valence-corrected chi connectivity index (χ3v) is 5.67. The summed E-state index contributed by atoms with van der Waals surface area (Å²) in [6.45, 7) is 5.91. The number of benzene rings is 1. The van der Waals surface area contributed by atoms with E-state index in [1.807, 2.05) is 30.3 Å². The van der Waals surface area contributed by atoms with E-state index in [-0.39, 0.29) is 6.04 Å². The monoisotopic (exact) mass is 253 g/mol. The Balaban J connectivity index is 2.03. The first-order valence-electron chi connectivity index (χ1n) is 5.88. The number of rotatable bonds is 3. The highest BCUT2D eigenvalue weighted by molar-refractivity contribution is 7.90. The molecule has 0 amide bonds. The van der Waals surface area contributed by atoms with Crippen LogP contribution in [-0.2, 0) is 16.4 Å². The van der Waals surface area contributed by atoms with E-state index in [1.54, 1.807) is 25.1 Å². The van der Waals surface area contributed by atoms with Crippen LogP contribution in [0.25, 0.3) is 0 Å². The second-order valence-electron chi connectivity index (χ2n) is 5.53. The van der Waals surface area contributed by atoms with Crippen molar-refractivity contribution >= 4 is 10.0 Å². The van der Waals surface area contributed by atoms with Gasteiger partial charge in [-0.1, -0.05) is 30.3 Å². The highest BCUT2D eigenvalue weighted by atomic mass is 32.2. The molecule has 0 aliphatic carbocycles. The van der Waals surface area contributed by atoms with Crippen LogP contribution in [-0.4, -0.2) is 30.1 Å². The minimum atomic E-state index is -3.14. The van der Waals surface area contributed by atoms with Crippen LogP contribution < -0.4 is 0 Å². The summed E-state index contributed by atoms with van der Waals surface area (Å²) in [6.07, 6.45) is 0.816. The number of sulfonamides is 1. The van der Waals surface area contributed by atoms with E-state index in [4.69, 9.17) is 0 Å². The SMILES string of the molecule is CC(C)(C)S(=O)(=O)N1C[C@H]1Cc1ccccc1. The van der Waals surface area contributed by atoms with E-state index in [2.05, 4.69) is 0 Å². The summed E-state index contributed by atoms with van der Waals surface area (Å²) >= 11 is 0. The van der Waals surface area contributed by atoms with E-state index < -0.39 is 14.8 Å². The van der Waals surface area contributed by atoms with Gasteiger partial charge in [-0.25, -0.2) is 8.42 Å². The quantitative estimate of drug-likeness (QED) is 0.773. The zero-order valence-corrected chi connectivity index (χ0v) is 11.4. The van der Waals surface area contributed by atoms with Crippen molar-refractivity contribution in [3.63, 3.8) is 0 Å². The predicted octanol–water partition coefficient (Wildman–Crippen LogP) is 2.04. The molecule has 0 bridgehead atoms. The Kier molecular flexibility index (Phi) is 3.04. The van der Waals surface area contributed by atoms with Crippen molar-refractivity contribution in [2.24, 2.45) is 0 Å². The van der Waals surface area contributed by atoms with Gasteiger partial charge in [0.15, 0.2) is 0 Å². The molecule has 0 saturated carbocycles. The van der Waals surface area contributed by atoms with Crippen LogP contribution in [0.3, 0.4) is 0 Å². The molecule has 4 heteroatoms. The molecule has 17 heavy (non-hydrogen) atoms. The number of hydrogen-bond acceptors (Lipinski definition) is 2. The summed E-state index contributed by atoms with van der Waals surface area (Å²) in [5, 5.41) is 0. The number of nitrogens with zero attached hydrogens (tertiary/aromatic N) is 1. The fraction of sp³-hybridized carbons (Fsp3) is 0.538. The van der Waals surface area contributed by atoms with Crippen molar-refractivity contribution < 1.29 is 8.42 Å². The minimum absolute atomic E-state index is 0.154. The van der Waals surface area contributed by atoms with E-state index in [0.29, 0.717) is 6.54 Å². The Morgan fingerprint density at radius 3 is 2.35 bits per heavy atom. The van der Waals surface area contributed by atoms with Crippen LogP contribution in [0.1, 0.15) is 26.3 Å². The summed E-state index contributed by atoms with van der Waals surface area (Å²) in [5.41, 5.74) is 1.20. The summed E-state index contributed by atoms with van der Waals surface area (Å²) in [5.74, 6) is 0. The molecule has 1 unspecified atom stereocenters. The van der Waals surface area contributed by atoms with Crippen molar-refractivity contribution in [2.75, 3.05) is 6.54 Å². The third-order valence-electron chi connectivity index (χ3n) is 3.06. The van der Waals surface area contributed by atoms with Crippen LogP contribution in [0.2, 0.25) is 0 Å². The van der Waals surface area contributed by atoms with E-state index in [9.17, 15) is 8.42 Å². The summed E-state index contributed by atoms with van der Waals surface area (Å²) in [6, 6.07) is 10.2. The summed E-state index contributed by atoms with van der Waals surface area (Å²) in [7, 11) is -3.14. The first-order valence-corrected chi connectivity index (χ1v) is 7.32. The smallest absolute Gasteiger partial charge is 0.212 e. The first kappa shape index (κ1) is 12.6. The van der Waals surface area contributed by atoms with Gasteiger partial charge in [0.1, 0.15) is 0 Å². The van der Waals surface area contributed by atoms with Gasteiger partial charge in [0, 0.05) is 12.6 Å². The first-order chi connectivity index (χ1) is 7.82. The maximum Gasteiger partial charge on any atom is 0.219 e. The molecule has 1 aliphatic heterocycles. The molecule has 3 nitrogen and oxygen atoms in total. The fourth-order valence-corrected chi connectivity index (χ4v) is 3.40. The largest absolute Gasteiger partial charge is 0.219 e. The second kappa shape index (κ2) is 4.10. The Hall–Kier alpha value is -0.870. The molecule has 1 aromatic rings. The molecule has 2 atom stereocenters. The zero-order valence-electron chi connectivity index (χ0n) is 10.6. The molecule has 2 rings (SSSR count). The number of hydrogen-bond donors (Lipinski definition) is 0. The minimum Gasteiger partial charge on any atom is -0.212 e. The average molecular weight is 253 g/mol. The highest BCUT2D eigenvalue weighted by Crippen LogP contribution is 2.32. The van der Waals surface area contributed by atoms with Gasteiger partial charge >= 0.3 is 0 Å². The Morgan fingerprint density at radius 2 is 1.82 bits per heavy atom. The van der Waals surface area contributed by atoms with Gasteiger partial charge < -0.3 is 0 Å². The Bertz CT molecular complexity index is 488. The maximum atomic E-state index is 12.1. The lowest BCUT2D eigenvalue weighted by Gasteiger charge is -2.20. The molecule has 0 spiro atoms. The fourth-order valence-electron chi connectivity index (χ4n) is 1.86. The lowest BCUT2D eigenvalue weighted by Crippen LogP contribution is -2.34. The second-order valence-corrected chi connectivity index (χ2v) is 8.17. The molecule has 1 aromatic carbocycles. The van der Waals surface area contributed by atoms with Gasteiger partial charge in [-0.3, -0.25) is 0 Å². The van der Waals surface area contributed by atoms with Gasteiger partial charge in [-0.15, -0.1) is 0 Å². The molecular formula is C13H19NO2S. The molecule has 0 aromatic heterocycles. The van der Waals surface area contributed by atoms with Crippen LogP contribution in [0, 0.1) is 0 Å². The van der Waals surface area contributed by atoms with Gasteiger partial charge in [0.25, 0.3) is 0 Å². The van der Waals surface area contributed by atoms with Crippen LogP contribution >= 0.6 is 0 Å². The van der Waals surface area contributed by atoms with Crippen molar-refractivity contribution in [2.45, 2.75) is 38.0 Å². The summed E-state index contributed by atoms with van der Waals surface area (Å²) in [4.78, 5) is 0. The van der Waals surface area contributed by atoms with Gasteiger partial charge in [0.2, 0.25) is 10.0 Å². The normalized spacial score (nSPS) is 24.6. The molecule has 1 aliphatic rings. The Labute approximate surface area is 104 Å². The molecule has 0 N–H and O–H groups in total. The van der Waals surface area contributed by atoms with Crippen molar-refractivity contribution in [3.8, 4) is 0 Å². The van der Waals surface area contributed by atoms with Gasteiger partial charge in [-0.2, -0.15) is 4.31 Å². The molecular weight excluding hydrogens is 234 g/mol. The molecule has 1 saturated heterocycles. The Morgan fingerprint density at radius 1 is 1.24 bits per heavy atom. The van der Waals surface area contributed by atoms with Crippen LogP contribution in [0.4, 0.5) is 0 Å². The van der Waals surface area contributed by atoms with E-state index >= 15 is 0 Å². The summed E-state index contributed by atoms with van der Waals surface area (Å²) < 4.78 is 25.2. The lowest BCUT2D eigenvalue weighted by atomic mass is 10.1. The third kappa shape index (κ3) is 2.53. The van der Waals surface area contributed by atoms with Crippen molar-refractivity contribution in [3.05, 3.63) is 35.9 Å². The van der Waals surface area contributed by atoms with Crippen molar-refractivity contribution in [1.29, 1.82) is 0 Å². The van der Waals surface area contributed by atoms with Crippen LogP contribution in [0.15, 0.2) is 30.3 Å². The predicted molar refractivity (Wildman–Crippen MR) is 69.3 cm³/mol. The van der Waals surface area contributed by atoms with E-state index in [0.717, 1.165) is 6.42 Å². The van der Waals surface area contributed by atoms with Crippen molar-refractivity contribution in [1.82, 2.24) is 4.31 Å². The molecule has 94 valence electrons. The lowest BCUT2D eigenvalue weighted by molar-refractivity contribution is 0.515. The van der Waals surface area contributed by atoms with Gasteiger partial charge in [-0.05, 0) is 32.8 Å². The topological polar surface area (TPSA) is 37.1 Å². The van der Waals surface area contributed by atoms with Crippen LogP contribution in [0.5, 0.6) is 0 Å². The zero-order chi connectivity index (χ0) is 12.7. The molecule has 1 heterocycles. The van der Waals surface area contributed by atoms with Gasteiger partial charge in [0.05, 0.1) is 4.75 Å². The molecule has 0 radical (unpaired) electrons. The standard InChI is InChI=1S/C13H19NO2S/c1-13(2,3)17(15,16)14-10-12(14)9-11-7-5-4-6-8-11/h4-8,12H,9-10H2,1-3H3/t12-,14?/m1/s1.